The van der Waals surface area contributed by atoms with E-state index in [1.807, 2.05) is 40.7 Å². The largest absolute Gasteiger partial charge is 0.350 e. The zero-order valence-corrected chi connectivity index (χ0v) is 23.5. The number of hydrogen-bond donors (Lipinski definition) is 1. The Morgan fingerprint density at radius 1 is 1.00 bits per heavy atom. The van der Waals surface area contributed by atoms with E-state index in [1.165, 1.54) is 4.90 Å². The number of nitrogens with one attached hydrogen (secondary N) is 1. The number of carbonyl (C=O) groups excluding carboxylic acids is 2. The van der Waals surface area contributed by atoms with Gasteiger partial charge in [0.1, 0.15) is 12.6 Å². The van der Waals surface area contributed by atoms with Crippen LogP contribution in [0.3, 0.4) is 0 Å². The van der Waals surface area contributed by atoms with Crippen LogP contribution in [0.1, 0.15) is 44.4 Å². The minimum atomic E-state index is -3.79. The molecule has 0 fully saturated rings. The van der Waals surface area contributed by atoms with E-state index in [4.69, 9.17) is 23.2 Å². The fourth-order valence-corrected chi connectivity index (χ4v) is 4.75. The first-order chi connectivity index (χ1) is 16.0. The van der Waals surface area contributed by atoms with Crippen LogP contribution in [0.15, 0.2) is 36.4 Å². The second kappa shape index (κ2) is 11.2. The molecule has 0 aliphatic rings. The van der Waals surface area contributed by atoms with E-state index in [9.17, 15) is 18.0 Å². The molecule has 1 atom stereocenters. The van der Waals surface area contributed by atoms with Gasteiger partial charge in [0.15, 0.2) is 0 Å². The molecule has 10 heteroatoms. The predicted octanol–water partition coefficient (Wildman–Crippen LogP) is 4.71. The molecule has 0 saturated heterocycles. The highest BCUT2D eigenvalue weighted by Gasteiger charge is 2.31. The maximum atomic E-state index is 13.6. The molecule has 7 nitrogen and oxygen atoms in total. The molecule has 1 N–H and O–H groups in total. The maximum absolute atomic E-state index is 13.6. The molecule has 0 saturated carbocycles. The maximum Gasteiger partial charge on any atom is 0.244 e. The number of sulfonamides is 1. The van der Waals surface area contributed by atoms with E-state index in [-0.39, 0.29) is 12.5 Å². The Balaban J connectivity index is 2.46. The third-order valence-corrected chi connectivity index (χ3v) is 7.06. The fraction of sp³-hybridized carbons (Fsp3) is 0.440. The number of aryl methyl sites for hydroxylation is 2. The fourth-order valence-electron chi connectivity index (χ4n) is 3.60. The number of hydrogen-bond acceptors (Lipinski definition) is 4. The summed E-state index contributed by atoms with van der Waals surface area (Å²) in [7, 11) is -3.79. The minimum absolute atomic E-state index is 0.0406. The summed E-state index contributed by atoms with van der Waals surface area (Å²) in [5.41, 5.74) is 2.26. The molecule has 192 valence electrons. The number of carbonyl (C=O) groups is 2. The van der Waals surface area contributed by atoms with Crippen molar-refractivity contribution in [2.75, 3.05) is 17.1 Å². The first-order valence-corrected chi connectivity index (χ1v) is 13.7. The van der Waals surface area contributed by atoms with Gasteiger partial charge < -0.3 is 10.2 Å². The van der Waals surface area contributed by atoms with Crippen molar-refractivity contribution in [2.45, 2.75) is 59.7 Å². The summed E-state index contributed by atoms with van der Waals surface area (Å²) in [5.74, 6) is -0.888. The standard InChI is InChI=1S/C25H33Cl2N3O4S/c1-16-10-17(2)12-20(11-16)30(35(7,33)34)15-23(31)29(18(3)24(32)28-25(4,5)6)14-19-8-9-21(26)22(27)13-19/h8-13,18H,14-15H2,1-7H3,(H,28,32). The summed E-state index contributed by atoms with van der Waals surface area (Å²) in [6.07, 6.45) is 1.05. The molecule has 0 radical (unpaired) electrons. The molecule has 0 bridgehead atoms. The van der Waals surface area contributed by atoms with E-state index in [2.05, 4.69) is 5.32 Å². The molecule has 2 aromatic carbocycles. The number of amides is 2. The van der Waals surface area contributed by atoms with Gasteiger partial charge in [-0.25, -0.2) is 8.42 Å². The summed E-state index contributed by atoms with van der Waals surface area (Å²) in [6.45, 7) is 10.4. The lowest BCUT2D eigenvalue weighted by atomic mass is 10.1. The first kappa shape index (κ1) is 28.9. The smallest absolute Gasteiger partial charge is 0.244 e. The van der Waals surface area contributed by atoms with Crippen LogP contribution in [-0.4, -0.2) is 49.5 Å². The van der Waals surface area contributed by atoms with Crippen molar-refractivity contribution in [3.63, 3.8) is 0 Å². The summed E-state index contributed by atoms with van der Waals surface area (Å²) in [4.78, 5) is 27.9. The van der Waals surface area contributed by atoms with Crippen LogP contribution >= 0.6 is 23.2 Å². The average Bonchev–Trinajstić information content (AvgIpc) is 2.69. The molecule has 0 aromatic heterocycles. The van der Waals surface area contributed by atoms with Crippen molar-refractivity contribution in [2.24, 2.45) is 0 Å². The van der Waals surface area contributed by atoms with Crippen molar-refractivity contribution in [3.05, 3.63) is 63.1 Å². The van der Waals surface area contributed by atoms with Crippen LogP contribution in [0.5, 0.6) is 0 Å². The van der Waals surface area contributed by atoms with Gasteiger partial charge >= 0.3 is 0 Å². The Labute approximate surface area is 218 Å². The van der Waals surface area contributed by atoms with Gasteiger partial charge in [-0.2, -0.15) is 0 Å². The summed E-state index contributed by atoms with van der Waals surface area (Å²) in [5, 5.41) is 3.56. The number of benzene rings is 2. The molecule has 2 rings (SSSR count). The second-order valence-electron chi connectivity index (χ2n) is 9.80. The Hall–Kier alpha value is -2.29. The molecule has 0 heterocycles. The third-order valence-electron chi connectivity index (χ3n) is 5.18. The van der Waals surface area contributed by atoms with Crippen LogP contribution in [-0.2, 0) is 26.2 Å². The highest BCUT2D eigenvalue weighted by atomic mass is 35.5. The van der Waals surface area contributed by atoms with Crippen molar-refractivity contribution in [1.82, 2.24) is 10.2 Å². The molecule has 0 aliphatic heterocycles. The summed E-state index contributed by atoms with van der Waals surface area (Å²) < 4.78 is 26.4. The molecule has 2 amide bonds. The monoisotopic (exact) mass is 541 g/mol. The van der Waals surface area contributed by atoms with E-state index in [1.54, 1.807) is 37.3 Å². The molecule has 2 aromatic rings. The van der Waals surface area contributed by atoms with Gasteiger partial charge in [0, 0.05) is 12.1 Å². The molecule has 1 unspecified atom stereocenters. The average molecular weight is 543 g/mol. The van der Waals surface area contributed by atoms with Gasteiger partial charge in [-0.1, -0.05) is 35.3 Å². The zero-order valence-electron chi connectivity index (χ0n) is 21.1. The molecule has 35 heavy (non-hydrogen) atoms. The van der Waals surface area contributed by atoms with Gasteiger partial charge in [-0.05, 0) is 82.5 Å². The van der Waals surface area contributed by atoms with Crippen LogP contribution < -0.4 is 9.62 Å². The minimum Gasteiger partial charge on any atom is -0.350 e. The Morgan fingerprint density at radius 2 is 1.57 bits per heavy atom. The van der Waals surface area contributed by atoms with Crippen molar-refractivity contribution < 1.29 is 18.0 Å². The second-order valence-corrected chi connectivity index (χ2v) is 12.5. The lowest BCUT2D eigenvalue weighted by molar-refractivity contribution is -0.140. The normalized spacial score (nSPS) is 12.7. The van der Waals surface area contributed by atoms with E-state index < -0.39 is 34.1 Å². The van der Waals surface area contributed by atoms with E-state index >= 15 is 0 Å². The van der Waals surface area contributed by atoms with E-state index in [0.29, 0.717) is 21.3 Å². The Morgan fingerprint density at radius 3 is 2.06 bits per heavy atom. The highest BCUT2D eigenvalue weighted by Crippen LogP contribution is 2.25. The first-order valence-electron chi connectivity index (χ1n) is 11.1. The number of nitrogens with zero attached hydrogens (tertiary/aromatic N) is 2. The molecule has 0 aliphatic carbocycles. The summed E-state index contributed by atoms with van der Waals surface area (Å²) in [6, 6.07) is 9.40. The van der Waals surface area contributed by atoms with Gasteiger partial charge in [0.25, 0.3) is 0 Å². The van der Waals surface area contributed by atoms with Crippen molar-refractivity contribution in [3.8, 4) is 0 Å². The quantitative estimate of drug-likeness (QED) is 0.524. The SMILES string of the molecule is Cc1cc(C)cc(N(CC(=O)N(Cc2ccc(Cl)c(Cl)c2)C(C)C(=O)NC(C)(C)C)S(C)(=O)=O)c1. The van der Waals surface area contributed by atoms with Gasteiger partial charge in [0.05, 0.1) is 22.0 Å². The lowest BCUT2D eigenvalue weighted by Crippen LogP contribution is -2.54. The van der Waals surface area contributed by atoms with Crippen LogP contribution in [0.25, 0.3) is 0 Å². The van der Waals surface area contributed by atoms with E-state index in [0.717, 1.165) is 21.7 Å². The van der Waals surface area contributed by atoms with Crippen LogP contribution in [0.4, 0.5) is 5.69 Å². The Bertz CT molecular complexity index is 1190. The summed E-state index contributed by atoms with van der Waals surface area (Å²) >= 11 is 12.2. The molecule has 0 spiro atoms. The number of rotatable bonds is 8. The van der Waals surface area contributed by atoms with Gasteiger partial charge in [0.2, 0.25) is 21.8 Å². The molecular weight excluding hydrogens is 509 g/mol. The lowest BCUT2D eigenvalue weighted by Gasteiger charge is -2.33. The number of anilines is 1. The van der Waals surface area contributed by atoms with Crippen molar-refractivity contribution in [1.29, 1.82) is 0 Å². The van der Waals surface area contributed by atoms with Crippen LogP contribution in [0, 0.1) is 13.8 Å². The van der Waals surface area contributed by atoms with Crippen molar-refractivity contribution >= 4 is 50.7 Å². The Kier molecular flexibility index (Phi) is 9.25. The number of halogens is 2. The van der Waals surface area contributed by atoms with Gasteiger partial charge in [-0.15, -0.1) is 0 Å². The highest BCUT2D eigenvalue weighted by molar-refractivity contribution is 7.92. The topological polar surface area (TPSA) is 86.8 Å². The zero-order chi connectivity index (χ0) is 26.7. The predicted molar refractivity (Wildman–Crippen MR) is 142 cm³/mol. The third kappa shape index (κ3) is 8.40. The van der Waals surface area contributed by atoms with Gasteiger partial charge in [-0.3, -0.25) is 13.9 Å². The molecular formula is C25H33Cl2N3O4S. The van der Waals surface area contributed by atoms with Crippen LogP contribution in [0.2, 0.25) is 10.0 Å².